The van der Waals surface area contributed by atoms with Crippen LogP contribution in [0.15, 0.2) is 12.2 Å². The van der Waals surface area contributed by atoms with E-state index in [9.17, 15) is 9.59 Å². The summed E-state index contributed by atoms with van der Waals surface area (Å²) in [6, 6.07) is 0. The Balaban J connectivity index is 2.93. The number of carboxylic acid groups (broad SMARTS) is 2. The summed E-state index contributed by atoms with van der Waals surface area (Å²) in [5, 5.41) is 17.8. The average molecular weight is 198 g/mol. The SMILES string of the molecule is CC1CC(C(=O)O)C=CC1(C)C(=O)O. The van der Waals surface area contributed by atoms with E-state index in [0.29, 0.717) is 6.42 Å². The third-order valence-corrected chi connectivity index (χ3v) is 3.08. The lowest BCUT2D eigenvalue weighted by molar-refractivity contribution is -0.150. The highest BCUT2D eigenvalue weighted by Gasteiger charge is 2.41. The van der Waals surface area contributed by atoms with Crippen LogP contribution in [0.5, 0.6) is 0 Å². The lowest BCUT2D eigenvalue weighted by Gasteiger charge is -2.33. The van der Waals surface area contributed by atoms with E-state index in [1.165, 1.54) is 12.2 Å². The predicted molar refractivity (Wildman–Crippen MR) is 49.8 cm³/mol. The van der Waals surface area contributed by atoms with Gasteiger partial charge >= 0.3 is 11.9 Å². The van der Waals surface area contributed by atoms with E-state index in [-0.39, 0.29) is 5.92 Å². The summed E-state index contributed by atoms with van der Waals surface area (Å²) < 4.78 is 0. The Kier molecular flexibility index (Phi) is 2.64. The van der Waals surface area contributed by atoms with Crippen molar-refractivity contribution in [1.82, 2.24) is 0 Å². The third-order valence-electron chi connectivity index (χ3n) is 3.08. The molecular formula is C10H14O4. The topological polar surface area (TPSA) is 74.6 Å². The van der Waals surface area contributed by atoms with Crippen molar-refractivity contribution >= 4 is 11.9 Å². The molecule has 0 radical (unpaired) electrons. The first-order valence-corrected chi connectivity index (χ1v) is 4.53. The Morgan fingerprint density at radius 3 is 2.36 bits per heavy atom. The third kappa shape index (κ3) is 1.64. The Hall–Kier alpha value is -1.32. The van der Waals surface area contributed by atoms with Crippen molar-refractivity contribution in [3.63, 3.8) is 0 Å². The maximum absolute atomic E-state index is 11.0. The molecule has 4 heteroatoms. The van der Waals surface area contributed by atoms with E-state index >= 15 is 0 Å². The maximum atomic E-state index is 11.0. The summed E-state index contributed by atoms with van der Waals surface area (Å²) in [7, 11) is 0. The second-order valence-electron chi connectivity index (χ2n) is 4.03. The summed E-state index contributed by atoms with van der Waals surface area (Å²) >= 11 is 0. The second-order valence-corrected chi connectivity index (χ2v) is 4.03. The molecule has 0 saturated heterocycles. The van der Waals surface area contributed by atoms with Crippen molar-refractivity contribution in [2.45, 2.75) is 20.3 Å². The van der Waals surface area contributed by atoms with Crippen LogP contribution >= 0.6 is 0 Å². The minimum atomic E-state index is -0.925. The fourth-order valence-electron chi connectivity index (χ4n) is 1.65. The Morgan fingerprint density at radius 1 is 1.43 bits per heavy atom. The van der Waals surface area contributed by atoms with E-state index in [1.54, 1.807) is 13.8 Å². The maximum Gasteiger partial charge on any atom is 0.313 e. The second kappa shape index (κ2) is 3.44. The van der Waals surface area contributed by atoms with Gasteiger partial charge in [-0.2, -0.15) is 0 Å². The van der Waals surface area contributed by atoms with Gasteiger partial charge in [-0.25, -0.2) is 0 Å². The summed E-state index contributed by atoms with van der Waals surface area (Å²) in [4.78, 5) is 21.6. The number of hydrogen-bond acceptors (Lipinski definition) is 2. The first-order chi connectivity index (χ1) is 6.38. The zero-order valence-electron chi connectivity index (χ0n) is 8.23. The molecule has 3 atom stereocenters. The van der Waals surface area contributed by atoms with Crippen molar-refractivity contribution < 1.29 is 19.8 Å². The lowest BCUT2D eigenvalue weighted by atomic mass is 9.69. The Morgan fingerprint density at radius 2 is 2.00 bits per heavy atom. The Bertz CT molecular complexity index is 294. The molecule has 4 nitrogen and oxygen atoms in total. The van der Waals surface area contributed by atoms with Crippen molar-refractivity contribution in [2.24, 2.45) is 17.3 Å². The molecule has 0 amide bonds. The summed E-state index contributed by atoms with van der Waals surface area (Å²) in [6.07, 6.45) is 3.37. The van der Waals surface area contributed by atoms with E-state index in [0.717, 1.165) is 0 Å². The molecule has 0 saturated carbocycles. The van der Waals surface area contributed by atoms with E-state index in [2.05, 4.69) is 0 Å². The number of carboxylic acids is 2. The summed E-state index contributed by atoms with van der Waals surface area (Å²) in [5.41, 5.74) is -0.925. The van der Waals surface area contributed by atoms with E-state index in [4.69, 9.17) is 10.2 Å². The molecule has 0 fully saturated rings. The average Bonchev–Trinajstić information content (AvgIpc) is 2.09. The zero-order valence-corrected chi connectivity index (χ0v) is 8.23. The van der Waals surface area contributed by atoms with Crippen LogP contribution < -0.4 is 0 Å². The molecule has 0 aromatic heterocycles. The fraction of sp³-hybridized carbons (Fsp3) is 0.600. The van der Waals surface area contributed by atoms with Crippen LogP contribution in [0.2, 0.25) is 0 Å². The highest BCUT2D eigenvalue weighted by atomic mass is 16.4. The van der Waals surface area contributed by atoms with E-state index < -0.39 is 23.3 Å². The van der Waals surface area contributed by atoms with Crippen molar-refractivity contribution in [3.8, 4) is 0 Å². The first-order valence-electron chi connectivity index (χ1n) is 4.53. The van der Waals surface area contributed by atoms with Crippen molar-refractivity contribution in [1.29, 1.82) is 0 Å². The van der Waals surface area contributed by atoms with Crippen molar-refractivity contribution in [2.75, 3.05) is 0 Å². The van der Waals surface area contributed by atoms with Crippen LogP contribution in [0, 0.1) is 17.3 Å². The van der Waals surface area contributed by atoms with Gasteiger partial charge < -0.3 is 10.2 Å². The monoisotopic (exact) mass is 198 g/mol. The molecular weight excluding hydrogens is 184 g/mol. The van der Waals surface area contributed by atoms with Gasteiger partial charge in [-0.15, -0.1) is 0 Å². The molecule has 14 heavy (non-hydrogen) atoms. The van der Waals surface area contributed by atoms with Gasteiger partial charge in [0.05, 0.1) is 11.3 Å². The van der Waals surface area contributed by atoms with Crippen LogP contribution in [-0.2, 0) is 9.59 Å². The smallest absolute Gasteiger partial charge is 0.313 e. The van der Waals surface area contributed by atoms with Crippen molar-refractivity contribution in [3.05, 3.63) is 12.2 Å². The van der Waals surface area contributed by atoms with Crippen LogP contribution in [0.25, 0.3) is 0 Å². The number of carbonyl (C=O) groups is 2. The highest BCUT2D eigenvalue weighted by Crippen LogP contribution is 2.38. The first kappa shape index (κ1) is 10.8. The van der Waals surface area contributed by atoms with Gasteiger partial charge in [-0.1, -0.05) is 19.1 Å². The molecule has 1 aliphatic rings. The minimum absolute atomic E-state index is 0.161. The fourth-order valence-corrected chi connectivity index (χ4v) is 1.65. The molecule has 0 aromatic carbocycles. The Labute approximate surface area is 82.2 Å². The molecule has 78 valence electrons. The van der Waals surface area contributed by atoms with Crippen LogP contribution in [-0.4, -0.2) is 22.2 Å². The van der Waals surface area contributed by atoms with Crippen LogP contribution in [0.4, 0.5) is 0 Å². The van der Waals surface area contributed by atoms with Gasteiger partial charge in [0.15, 0.2) is 0 Å². The zero-order chi connectivity index (χ0) is 10.9. The number of hydrogen-bond donors (Lipinski definition) is 2. The number of rotatable bonds is 2. The normalized spacial score (nSPS) is 36.7. The summed E-state index contributed by atoms with van der Waals surface area (Å²) in [6.45, 7) is 3.39. The minimum Gasteiger partial charge on any atom is -0.481 e. The molecule has 0 bridgehead atoms. The lowest BCUT2D eigenvalue weighted by Crippen LogP contribution is -2.37. The van der Waals surface area contributed by atoms with Gasteiger partial charge in [0.1, 0.15) is 0 Å². The van der Waals surface area contributed by atoms with Gasteiger partial charge in [-0.05, 0) is 19.3 Å². The van der Waals surface area contributed by atoms with Gasteiger partial charge in [-0.3, -0.25) is 9.59 Å². The molecule has 1 aliphatic carbocycles. The molecule has 0 aliphatic heterocycles. The molecule has 2 N–H and O–H groups in total. The highest BCUT2D eigenvalue weighted by molar-refractivity contribution is 5.79. The quantitative estimate of drug-likeness (QED) is 0.657. The predicted octanol–water partition coefficient (Wildman–Crippen LogP) is 1.37. The van der Waals surface area contributed by atoms with Gasteiger partial charge in [0.25, 0.3) is 0 Å². The van der Waals surface area contributed by atoms with Crippen LogP contribution in [0.1, 0.15) is 20.3 Å². The summed E-state index contributed by atoms with van der Waals surface area (Å²) in [5.74, 6) is -2.49. The largest absolute Gasteiger partial charge is 0.481 e. The molecule has 3 unspecified atom stereocenters. The standard InChI is InChI=1S/C10H14O4/c1-6-5-7(8(11)12)3-4-10(6,2)9(13)14/h3-4,6-7H,5H2,1-2H3,(H,11,12)(H,13,14). The van der Waals surface area contributed by atoms with E-state index in [1.807, 2.05) is 0 Å². The number of aliphatic carboxylic acids is 2. The molecule has 1 rings (SSSR count). The van der Waals surface area contributed by atoms with Crippen LogP contribution in [0.3, 0.4) is 0 Å². The van der Waals surface area contributed by atoms with Gasteiger partial charge in [0.2, 0.25) is 0 Å². The van der Waals surface area contributed by atoms with Gasteiger partial charge in [0, 0.05) is 0 Å². The molecule has 0 heterocycles. The molecule has 0 aromatic rings. The molecule has 0 spiro atoms.